The minimum atomic E-state index is -0.379. The Bertz CT molecular complexity index is 597. The molecule has 0 aliphatic carbocycles. The molecule has 1 aliphatic heterocycles. The molecule has 1 fully saturated rings. The summed E-state index contributed by atoms with van der Waals surface area (Å²) in [7, 11) is 0. The van der Waals surface area contributed by atoms with Crippen LogP contribution in [0.2, 0.25) is 0 Å². The van der Waals surface area contributed by atoms with E-state index in [0.29, 0.717) is 18.7 Å². The van der Waals surface area contributed by atoms with Crippen molar-refractivity contribution in [3.05, 3.63) is 53.9 Å². The summed E-state index contributed by atoms with van der Waals surface area (Å²) in [4.78, 5) is 21.6. The predicted octanol–water partition coefficient (Wildman–Crippen LogP) is 2.57. The number of amides is 1. The number of rotatable bonds is 2. The SMILES string of the molecule is O=C(c1cccc(F)c1)N1CCCC(c2ncc[nH]2)C1. The van der Waals surface area contributed by atoms with E-state index >= 15 is 0 Å². The number of imidazole rings is 1. The molecule has 3 rings (SSSR count). The molecule has 2 aromatic rings. The molecular weight excluding hydrogens is 257 g/mol. The monoisotopic (exact) mass is 273 g/mol. The number of hydrogen-bond donors (Lipinski definition) is 1. The van der Waals surface area contributed by atoms with Crippen molar-refractivity contribution in [2.45, 2.75) is 18.8 Å². The second-order valence-electron chi connectivity index (χ2n) is 5.08. The Morgan fingerprint density at radius 1 is 1.45 bits per heavy atom. The van der Waals surface area contributed by atoms with Crippen molar-refractivity contribution in [2.24, 2.45) is 0 Å². The van der Waals surface area contributed by atoms with Crippen LogP contribution in [0.3, 0.4) is 0 Å². The summed E-state index contributed by atoms with van der Waals surface area (Å²) in [6.07, 6.45) is 5.47. The number of nitrogens with one attached hydrogen (secondary N) is 1. The van der Waals surface area contributed by atoms with Crippen molar-refractivity contribution in [3.63, 3.8) is 0 Å². The van der Waals surface area contributed by atoms with Crippen molar-refractivity contribution in [3.8, 4) is 0 Å². The predicted molar refractivity (Wildman–Crippen MR) is 72.9 cm³/mol. The molecule has 0 spiro atoms. The molecule has 1 aromatic carbocycles. The first-order valence-electron chi connectivity index (χ1n) is 6.78. The van der Waals surface area contributed by atoms with Gasteiger partial charge in [-0.2, -0.15) is 0 Å². The van der Waals surface area contributed by atoms with E-state index in [1.54, 1.807) is 29.4 Å². The molecule has 20 heavy (non-hydrogen) atoms. The van der Waals surface area contributed by atoms with Crippen LogP contribution in [-0.4, -0.2) is 33.9 Å². The van der Waals surface area contributed by atoms with Gasteiger partial charge < -0.3 is 9.88 Å². The number of likely N-dealkylation sites (tertiary alicyclic amines) is 1. The van der Waals surface area contributed by atoms with Gasteiger partial charge >= 0.3 is 0 Å². The Labute approximate surface area is 116 Å². The van der Waals surface area contributed by atoms with Gasteiger partial charge in [-0.05, 0) is 31.0 Å². The average molecular weight is 273 g/mol. The third kappa shape index (κ3) is 2.57. The molecule has 1 N–H and O–H groups in total. The minimum Gasteiger partial charge on any atom is -0.348 e. The number of H-pyrrole nitrogens is 1. The number of piperidine rings is 1. The highest BCUT2D eigenvalue weighted by atomic mass is 19.1. The van der Waals surface area contributed by atoms with Gasteiger partial charge in [0.2, 0.25) is 0 Å². The quantitative estimate of drug-likeness (QED) is 0.914. The van der Waals surface area contributed by atoms with Crippen LogP contribution in [0, 0.1) is 5.82 Å². The molecule has 1 saturated heterocycles. The molecule has 1 aromatic heterocycles. The number of carbonyl (C=O) groups is 1. The lowest BCUT2D eigenvalue weighted by Gasteiger charge is -2.32. The summed E-state index contributed by atoms with van der Waals surface area (Å²) >= 11 is 0. The lowest BCUT2D eigenvalue weighted by atomic mass is 9.96. The molecule has 0 radical (unpaired) electrons. The molecule has 4 nitrogen and oxygen atoms in total. The molecule has 1 aliphatic rings. The number of nitrogens with zero attached hydrogens (tertiary/aromatic N) is 2. The van der Waals surface area contributed by atoms with Gasteiger partial charge in [-0.3, -0.25) is 4.79 Å². The van der Waals surface area contributed by atoms with Crippen molar-refractivity contribution in [1.29, 1.82) is 0 Å². The van der Waals surface area contributed by atoms with Crippen molar-refractivity contribution >= 4 is 5.91 Å². The molecule has 1 unspecified atom stereocenters. The van der Waals surface area contributed by atoms with E-state index in [-0.39, 0.29) is 17.6 Å². The third-order valence-corrected chi connectivity index (χ3v) is 3.69. The second kappa shape index (κ2) is 5.45. The summed E-state index contributed by atoms with van der Waals surface area (Å²) in [6, 6.07) is 5.86. The number of hydrogen-bond acceptors (Lipinski definition) is 2. The fourth-order valence-corrected chi connectivity index (χ4v) is 2.69. The first kappa shape index (κ1) is 12.8. The average Bonchev–Trinajstić information content (AvgIpc) is 3.01. The zero-order valence-corrected chi connectivity index (χ0v) is 11.1. The normalized spacial score (nSPS) is 19.1. The van der Waals surface area contributed by atoms with E-state index in [9.17, 15) is 9.18 Å². The van der Waals surface area contributed by atoms with Crippen LogP contribution < -0.4 is 0 Å². The van der Waals surface area contributed by atoms with Gasteiger partial charge in [0.05, 0.1) is 0 Å². The fraction of sp³-hybridized carbons (Fsp3) is 0.333. The zero-order chi connectivity index (χ0) is 13.9. The number of aromatic nitrogens is 2. The number of carbonyl (C=O) groups excluding carboxylic acids is 1. The van der Waals surface area contributed by atoms with Crippen LogP contribution in [0.5, 0.6) is 0 Å². The number of halogens is 1. The van der Waals surface area contributed by atoms with E-state index in [0.717, 1.165) is 18.7 Å². The maximum atomic E-state index is 13.2. The van der Waals surface area contributed by atoms with E-state index in [1.807, 2.05) is 0 Å². The maximum Gasteiger partial charge on any atom is 0.253 e. The minimum absolute atomic E-state index is 0.110. The Hall–Kier alpha value is -2.17. The van der Waals surface area contributed by atoms with Gasteiger partial charge in [-0.1, -0.05) is 6.07 Å². The molecule has 1 atom stereocenters. The molecule has 1 amide bonds. The summed E-state index contributed by atoms with van der Waals surface area (Å²) in [5, 5.41) is 0. The van der Waals surface area contributed by atoms with Gasteiger partial charge in [0, 0.05) is 37.0 Å². The second-order valence-corrected chi connectivity index (χ2v) is 5.08. The molecule has 0 bridgehead atoms. The molecule has 2 heterocycles. The van der Waals surface area contributed by atoms with Gasteiger partial charge in [-0.15, -0.1) is 0 Å². The zero-order valence-electron chi connectivity index (χ0n) is 11.1. The van der Waals surface area contributed by atoms with E-state index in [2.05, 4.69) is 9.97 Å². The summed E-state index contributed by atoms with van der Waals surface area (Å²) < 4.78 is 13.2. The van der Waals surface area contributed by atoms with Crippen LogP contribution in [0.4, 0.5) is 4.39 Å². The lowest BCUT2D eigenvalue weighted by molar-refractivity contribution is 0.0704. The summed E-state index contributed by atoms with van der Waals surface area (Å²) in [6.45, 7) is 1.34. The molecule has 0 saturated carbocycles. The Balaban J connectivity index is 1.75. The smallest absolute Gasteiger partial charge is 0.253 e. The largest absolute Gasteiger partial charge is 0.348 e. The van der Waals surface area contributed by atoms with E-state index in [4.69, 9.17) is 0 Å². The molecule has 104 valence electrons. The van der Waals surface area contributed by atoms with Gasteiger partial charge in [0.25, 0.3) is 5.91 Å². The van der Waals surface area contributed by atoms with E-state index in [1.165, 1.54) is 12.1 Å². The van der Waals surface area contributed by atoms with Crippen LogP contribution in [-0.2, 0) is 0 Å². The Morgan fingerprint density at radius 3 is 3.10 bits per heavy atom. The van der Waals surface area contributed by atoms with Crippen molar-refractivity contribution in [1.82, 2.24) is 14.9 Å². The Morgan fingerprint density at radius 2 is 2.35 bits per heavy atom. The first-order chi connectivity index (χ1) is 9.74. The van der Waals surface area contributed by atoms with Crippen molar-refractivity contribution < 1.29 is 9.18 Å². The maximum absolute atomic E-state index is 13.2. The van der Waals surface area contributed by atoms with Gasteiger partial charge in [-0.25, -0.2) is 9.37 Å². The van der Waals surface area contributed by atoms with Crippen LogP contribution in [0.1, 0.15) is 34.9 Å². The number of benzene rings is 1. The molecular formula is C15H16FN3O. The summed E-state index contributed by atoms with van der Waals surface area (Å²) in [5.41, 5.74) is 0.407. The fourth-order valence-electron chi connectivity index (χ4n) is 2.69. The highest BCUT2D eigenvalue weighted by Gasteiger charge is 2.26. The Kier molecular flexibility index (Phi) is 3.50. The van der Waals surface area contributed by atoms with Crippen molar-refractivity contribution in [2.75, 3.05) is 13.1 Å². The van der Waals surface area contributed by atoms with Crippen LogP contribution in [0.15, 0.2) is 36.7 Å². The van der Waals surface area contributed by atoms with Gasteiger partial charge in [0.1, 0.15) is 11.6 Å². The molecule has 5 heteroatoms. The van der Waals surface area contributed by atoms with Crippen LogP contribution in [0.25, 0.3) is 0 Å². The summed E-state index contributed by atoms with van der Waals surface area (Å²) in [5.74, 6) is 0.661. The standard InChI is InChI=1S/C15H16FN3O/c16-13-5-1-3-11(9-13)15(20)19-8-2-4-12(10-19)14-17-6-7-18-14/h1,3,5-7,9,12H,2,4,8,10H2,(H,17,18). The highest BCUT2D eigenvalue weighted by molar-refractivity contribution is 5.94. The highest BCUT2D eigenvalue weighted by Crippen LogP contribution is 2.25. The van der Waals surface area contributed by atoms with E-state index < -0.39 is 0 Å². The topological polar surface area (TPSA) is 49.0 Å². The number of aromatic amines is 1. The van der Waals surface area contributed by atoms with Gasteiger partial charge in [0.15, 0.2) is 0 Å². The third-order valence-electron chi connectivity index (χ3n) is 3.69. The first-order valence-corrected chi connectivity index (χ1v) is 6.78. The van der Waals surface area contributed by atoms with Crippen LogP contribution >= 0.6 is 0 Å². The lowest BCUT2D eigenvalue weighted by Crippen LogP contribution is -2.39.